The molecule has 0 aromatic carbocycles. The predicted molar refractivity (Wildman–Crippen MR) is 85.7 cm³/mol. The Labute approximate surface area is 136 Å². The van der Waals surface area contributed by atoms with Crippen molar-refractivity contribution in [3.05, 3.63) is 12.4 Å². The fourth-order valence-electron chi connectivity index (χ4n) is 3.25. The summed E-state index contributed by atoms with van der Waals surface area (Å²) in [7, 11) is 1.60. The number of hydrogen-bond acceptors (Lipinski definition) is 6. The Morgan fingerprint density at radius 2 is 1.74 bits per heavy atom. The summed E-state index contributed by atoms with van der Waals surface area (Å²) in [6.07, 6.45) is 5.22. The minimum atomic E-state index is -0.466. The van der Waals surface area contributed by atoms with E-state index in [-0.39, 0.29) is 18.2 Å². The van der Waals surface area contributed by atoms with Crippen molar-refractivity contribution in [1.82, 2.24) is 14.9 Å². The number of ether oxygens (including phenoxy) is 2. The largest absolute Gasteiger partial charge is 0.494 e. The van der Waals surface area contributed by atoms with Crippen LogP contribution in [0.15, 0.2) is 12.4 Å². The molecule has 2 saturated heterocycles. The van der Waals surface area contributed by atoms with Crippen molar-refractivity contribution >= 4 is 12.0 Å². The van der Waals surface area contributed by atoms with Gasteiger partial charge in [-0.15, -0.1) is 0 Å². The lowest BCUT2D eigenvalue weighted by molar-refractivity contribution is 0.0209. The number of carbonyl (C=O) groups excluding carboxylic acids is 1. The number of methoxy groups -OCH3 is 1. The highest BCUT2D eigenvalue weighted by Crippen LogP contribution is 2.33. The van der Waals surface area contributed by atoms with Crippen LogP contribution in [0.2, 0.25) is 0 Å². The van der Waals surface area contributed by atoms with Crippen LogP contribution < -0.4 is 9.64 Å². The Hall–Kier alpha value is -2.05. The first-order chi connectivity index (χ1) is 10.9. The van der Waals surface area contributed by atoms with Crippen LogP contribution in [-0.4, -0.2) is 58.8 Å². The summed E-state index contributed by atoms with van der Waals surface area (Å²) in [4.78, 5) is 25.1. The average molecular weight is 320 g/mol. The average Bonchev–Trinajstić information content (AvgIpc) is 2.75. The fourth-order valence-corrected chi connectivity index (χ4v) is 3.25. The highest BCUT2D eigenvalue weighted by molar-refractivity contribution is 5.69. The molecule has 2 aliphatic heterocycles. The predicted octanol–water partition coefficient (Wildman–Crippen LogP) is 2.07. The maximum absolute atomic E-state index is 12.3. The molecule has 2 atom stereocenters. The van der Waals surface area contributed by atoms with E-state index in [0.29, 0.717) is 24.8 Å². The molecular formula is C16H24N4O3. The van der Waals surface area contributed by atoms with Gasteiger partial charge >= 0.3 is 6.09 Å². The molecule has 2 fully saturated rings. The number of aromatic nitrogens is 2. The van der Waals surface area contributed by atoms with E-state index in [1.165, 1.54) is 0 Å². The topological polar surface area (TPSA) is 67.8 Å². The van der Waals surface area contributed by atoms with Crippen LogP contribution >= 0.6 is 0 Å². The zero-order valence-corrected chi connectivity index (χ0v) is 14.2. The van der Waals surface area contributed by atoms with Gasteiger partial charge in [-0.3, -0.25) is 0 Å². The molecule has 0 N–H and O–H groups in total. The molecule has 0 unspecified atom stereocenters. The number of nitrogens with zero attached hydrogens (tertiary/aromatic N) is 4. The molecule has 1 aromatic rings. The first-order valence-electron chi connectivity index (χ1n) is 7.99. The molecule has 2 bridgehead atoms. The summed E-state index contributed by atoms with van der Waals surface area (Å²) in [5, 5.41) is 0. The number of anilines is 1. The van der Waals surface area contributed by atoms with E-state index in [1.54, 1.807) is 19.5 Å². The minimum Gasteiger partial charge on any atom is -0.494 e. The quantitative estimate of drug-likeness (QED) is 0.831. The fraction of sp³-hybridized carbons (Fsp3) is 0.688. The molecule has 23 heavy (non-hydrogen) atoms. The Balaban J connectivity index is 1.70. The van der Waals surface area contributed by atoms with Gasteiger partial charge in [-0.05, 0) is 33.6 Å². The van der Waals surface area contributed by atoms with Crippen molar-refractivity contribution in [2.24, 2.45) is 0 Å². The molecule has 0 saturated carbocycles. The van der Waals surface area contributed by atoms with Gasteiger partial charge in [-0.2, -0.15) is 0 Å². The van der Waals surface area contributed by atoms with E-state index < -0.39 is 5.60 Å². The molecular weight excluding hydrogens is 296 g/mol. The van der Waals surface area contributed by atoms with Gasteiger partial charge < -0.3 is 19.3 Å². The van der Waals surface area contributed by atoms with Gasteiger partial charge in [-0.1, -0.05) is 0 Å². The summed E-state index contributed by atoms with van der Waals surface area (Å²) in [6, 6.07) is 0.490. The third-order valence-electron chi connectivity index (χ3n) is 4.22. The van der Waals surface area contributed by atoms with Crippen molar-refractivity contribution in [3.63, 3.8) is 0 Å². The molecule has 0 radical (unpaired) electrons. The van der Waals surface area contributed by atoms with Crippen molar-refractivity contribution in [1.29, 1.82) is 0 Å². The molecule has 1 amide bonds. The van der Waals surface area contributed by atoms with Crippen LogP contribution in [0.1, 0.15) is 33.6 Å². The number of hydrogen-bond donors (Lipinski definition) is 0. The molecule has 0 aliphatic carbocycles. The maximum atomic E-state index is 12.3. The highest BCUT2D eigenvalue weighted by atomic mass is 16.6. The van der Waals surface area contributed by atoms with Gasteiger partial charge in [0.2, 0.25) is 5.95 Å². The zero-order chi connectivity index (χ0) is 16.6. The second kappa shape index (κ2) is 5.86. The molecule has 7 heteroatoms. The van der Waals surface area contributed by atoms with Crippen molar-refractivity contribution < 1.29 is 14.3 Å². The summed E-state index contributed by atoms with van der Waals surface area (Å²) >= 11 is 0. The van der Waals surface area contributed by atoms with Gasteiger partial charge in [-0.25, -0.2) is 14.8 Å². The minimum absolute atomic E-state index is 0.232. The normalized spacial score (nSPS) is 23.8. The SMILES string of the molecule is COc1cnc(N2[C@@H]3CC[C@H]2CN(C(=O)OC(C)(C)C)C3)nc1. The third-order valence-corrected chi connectivity index (χ3v) is 4.22. The standard InChI is InChI=1S/C16H24N4O3/c1-16(2,3)23-15(21)19-9-11-5-6-12(10-19)20(11)14-17-7-13(22-4)8-18-14/h7-8,11-12H,5-6,9-10H2,1-4H3/t11-,12+. The van der Waals surface area contributed by atoms with Crippen LogP contribution in [0.25, 0.3) is 0 Å². The van der Waals surface area contributed by atoms with Crippen molar-refractivity contribution in [3.8, 4) is 5.75 Å². The van der Waals surface area contributed by atoms with Gasteiger partial charge in [0.15, 0.2) is 5.75 Å². The smallest absolute Gasteiger partial charge is 0.410 e. The first kappa shape index (κ1) is 15.8. The lowest BCUT2D eigenvalue weighted by Gasteiger charge is -2.41. The van der Waals surface area contributed by atoms with Crippen LogP contribution in [-0.2, 0) is 4.74 Å². The molecule has 1 aromatic heterocycles. The summed E-state index contributed by atoms with van der Waals surface area (Å²) in [6.45, 7) is 6.98. The van der Waals surface area contributed by atoms with Gasteiger partial charge in [0.25, 0.3) is 0 Å². The van der Waals surface area contributed by atoms with E-state index in [9.17, 15) is 4.79 Å². The van der Waals surface area contributed by atoms with Crippen molar-refractivity contribution in [2.45, 2.75) is 51.3 Å². The summed E-state index contributed by atoms with van der Waals surface area (Å²) in [5.74, 6) is 1.36. The van der Waals surface area contributed by atoms with Crippen molar-refractivity contribution in [2.75, 3.05) is 25.1 Å². The van der Waals surface area contributed by atoms with E-state index in [0.717, 1.165) is 12.8 Å². The molecule has 126 valence electrons. The van der Waals surface area contributed by atoms with E-state index in [1.807, 2.05) is 25.7 Å². The molecule has 7 nitrogen and oxygen atoms in total. The summed E-state index contributed by atoms with van der Waals surface area (Å²) in [5.41, 5.74) is -0.466. The van der Waals surface area contributed by atoms with E-state index >= 15 is 0 Å². The number of rotatable bonds is 2. The Kier molecular flexibility index (Phi) is 4.04. The molecule has 0 spiro atoms. The van der Waals surface area contributed by atoms with E-state index in [2.05, 4.69) is 14.9 Å². The maximum Gasteiger partial charge on any atom is 0.410 e. The number of likely N-dealkylation sites (tertiary alicyclic amines) is 1. The lowest BCUT2D eigenvalue weighted by atomic mass is 10.2. The van der Waals surface area contributed by atoms with Gasteiger partial charge in [0.1, 0.15) is 5.60 Å². The number of carbonyl (C=O) groups is 1. The van der Waals surface area contributed by atoms with Gasteiger partial charge in [0.05, 0.1) is 31.6 Å². The Morgan fingerprint density at radius 3 is 2.22 bits per heavy atom. The second-order valence-electron chi connectivity index (χ2n) is 7.10. The molecule has 3 rings (SSSR count). The number of amides is 1. The second-order valence-corrected chi connectivity index (χ2v) is 7.10. The third kappa shape index (κ3) is 3.33. The summed E-state index contributed by atoms with van der Waals surface area (Å²) < 4.78 is 10.6. The van der Waals surface area contributed by atoms with Crippen LogP contribution in [0, 0.1) is 0 Å². The number of fused-ring (bicyclic) bond motifs is 2. The lowest BCUT2D eigenvalue weighted by Crippen LogP contribution is -2.56. The Morgan fingerprint density at radius 1 is 1.17 bits per heavy atom. The van der Waals surface area contributed by atoms with Gasteiger partial charge in [0, 0.05) is 13.1 Å². The van der Waals surface area contributed by atoms with Crippen LogP contribution in [0.4, 0.5) is 10.7 Å². The zero-order valence-electron chi connectivity index (χ0n) is 14.2. The Bertz CT molecular complexity index is 556. The monoisotopic (exact) mass is 320 g/mol. The van der Waals surface area contributed by atoms with E-state index in [4.69, 9.17) is 9.47 Å². The van der Waals surface area contributed by atoms with Crippen LogP contribution in [0.3, 0.4) is 0 Å². The number of piperazine rings is 1. The molecule has 2 aliphatic rings. The molecule has 3 heterocycles. The highest BCUT2D eigenvalue weighted by Gasteiger charge is 2.43. The van der Waals surface area contributed by atoms with Crippen LogP contribution in [0.5, 0.6) is 5.75 Å². The first-order valence-corrected chi connectivity index (χ1v) is 7.99.